The second-order valence-corrected chi connectivity index (χ2v) is 8.36. The fourth-order valence-electron chi connectivity index (χ4n) is 4.54. The van der Waals surface area contributed by atoms with E-state index < -0.39 is 0 Å². The van der Waals surface area contributed by atoms with E-state index in [2.05, 4.69) is 16.4 Å². The van der Waals surface area contributed by atoms with Crippen molar-refractivity contribution in [3.63, 3.8) is 0 Å². The number of rotatable bonds is 6. The fourth-order valence-corrected chi connectivity index (χ4v) is 4.54. The lowest BCUT2D eigenvalue weighted by molar-refractivity contribution is -0.133. The Labute approximate surface area is 187 Å². The first kappa shape index (κ1) is 20.2. The molecule has 6 nitrogen and oxygen atoms in total. The van der Waals surface area contributed by atoms with Crippen molar-refractivity contribution in [1.29, 1.82) is 0 Å². The Balaban J connectivity index is 1.15. The number of nitrogens with zero attached hydrogens (tertiary/aromatic N) is 2. The summed E-state index contributed by atoms with van der Waals surface area (Å²) in [6.07, 6.45) is 4.61. The van der Waals surface area contributed by atoms with Crippen molar-refractivity contribution in [3.05, 3.63) is 84.2 Å². The van der Waals surface area contributed by atoms with Crippen LogP contribution in [0.15, 0.2) is 73.1 Å². The third kappa shape index (κ3) is 4.21. The molecule has 1 fully saturated rings. The van der Waals surface area contributed by atoms with Crippen molar-refractivity contribution in [1.82, 2.24) is 15.2 Å². The SMILES string of the molecule is O=C(CN1CC(c2ccccc2)CC1=O)NCC1Cc2cccc(-c3ccncc3)c2O1. The van der Waals surface area contributed by atoms with E-state index >= 15 is 0 Å². The van der Waals surface area contributed by atoms with Crippen LogP contribution in [0.2, 0.25) is 0 Å². The summed E-state index contributed by atoms with van der Waals surface area (Å²) in [4.78, 5) is 30.7. The zero-order valence-electron chi connectivity index (χ0n) is 17.7. The zero-order chi connectivity index (χ0) is 21.9. The molecule has 2 unspecified atom stereocenters. The third-order valence-corrected chi connectivity index (χ3v) is 6.17. The van der Waals surface area contributed by atoms with Gasteiger partial charge < -0.3 is 15.0 Å². The van der Waals surface area contributed by atoms with E-state index in [9.17, 15) is 9.59 Å². The van der Waals surface area contributed by atoms with Gasteiger partial charge >= 0.3 is 0 Å². The van der Waals surface area contributed by atoms with E-state index in [0.29, 0.717) is 19.5 Å². The van der Waals surface area contributed by atoms with E-state index in [0.717, 1.165) is 34.4 Å². The molecule has 5 rings (SSSR count). The van der Waals surface area contributed by atoms with Crippen LogP contribution < -0.4 is 10.1 Å². The van der Waals surface area contributed by atoms with E-state index in [1.54, 1.807) is 17.3 Å². The number of para-hydroxylation sites is 1. The molecule has 0 radical (unpaired) electrons. The highest BCUT2D eigenvalue weighted by Gasteiger charge is 2.32. The molecule has 2 aliphatic heterocycles. The zero-order valence-corrected chi connectivity index (χ0v) is 17.7. The van der Waals surface area contributed by atoms with Gasteiger partial charge in [-0.25, -0.2) is 0 Å². The minimum absolute atomic E-state index is 0.0283. The van der Waals surface area contributed by atoms with E-state index in [-0.39, 0.29) is 30.4 Å². The van der Waals surface area contributed by atoms with Crippen LogP contribution in [0, 0.1) is 0 Å². The largest absolute Gasteiger partial charge is 0.487 e. The third-order valence-electron chi connectivity index (χ3n) is 6.17. The summed E-state index contributed by atoms with van der Waals surface area (Å²) < 4.78 is 6.19. The van der Waals surface area contributed by atoms with Crippen LogP contribution in [-0.2, 0) is 16.0 Å². The van der Waals surface area contributed by atoms with Gasteiger partial charge in [0.2, 0.25) is 11.8 Å². The quantitative estimate of drug-likeness (QED) is 0.656. The highest BCUT2D eigenvalue weighted by molar-refractivity contribution is 5.86. The number of ether oxygens (including phenoxy) is 1. The standard InChI is InChI=1S/C26H25N3O3/c30-24(17-29-16-21(14-25(29)31)18-5-2-1-3-6-18)28-15-22-13-20-7-4-8-23(26(20)32-22)19-9-11-27-12-10-19/h1-12,21-22H,13-17H2,(H,28,30). The van der Waals surface area contributed by atoms with Gasteiger partial charge in [-0.05, 0) is 28.8 Å². The first-order valence-corrected chi connectivity index (χ1v) is 11.0. The van der Waals surface area contributed by atoms with Crippen molar-refractivity contribution in [2.24, 2.45) is 0 Å². The van der Waals surface area contributed by atoms with Gasteiger partial charge in [0.25, 0.3) is 0 Å². The van der Waals surface area contributed by atoms with Gasteiger partial charge in [-0.2, -0.15) is 0 Å². The molecule has 32 heavy (non-hydrogen) atoms. The molecule has 1 saturated heterocycles. The van der Waals surface area contributed by atoms with Crippen LogP contribution in [0.4, 0.5) is 0 Å². The monoisotopic (exact) mass is 427 g/mol. The Hall–Kier alpha value is -3.67. The lowest BCUT2D eigenvalue weighted by atomic mass is 9.99. The number of amides is 2. The number of hydrogen-bond acceptors (Lipinski definition) is 4. The molecule has 0 spiro atoms. The average Bonchev–Trinajstić information content (AvgIpc) is 3.42. The molecule has 1 N–H and O–H groups in total. The van der Waals surface area contributed by atoms with E-state index in [4.69, 9.17) is 4.74 Å². The summed E-state index contributed by atoms with van der Waals surface area (Å²) in [5, 5.41) is 2.95. The van der Waals surface area contributed by atoms with Crippen LogP contribution in [-0.4, -0.2) is 47.4 Å². The molecule has 6 heteroatoms. The highest BCUT2D eigenvalue weighted by atomic mass is 16.5. The number of fused-ring (bicyclic) bond motifs is 1. The van der Waals surface area contributed by atoms with E-state index in [1.807, 2.05) is 54.6 Å². The molecule has 0 aliphatic carbocycles. The van der Waals surface area contributed by atoms with Crippen molar-refractivity contribution >= 4 is 11.8 Å². The maximum absolute atomic E-state index is 12.5. The summed E-state index contributed by atoms with van der Waals surface area (Å²) in [6, 6.07) is 20.1. The average molecular weight is 428 g/mol. The first-order valence-electron chi connectivity index (χ1n) is 11.0. The van der Waals surface area contributed by atoms with Crippen LogP contribution in [0.3, 0.4) is 0 Å². The first-order chi connectivity index (χ1) is 15.7. The van der Waals surface area contributed by atoms with Crippen molar-refractivity contribution in [3.8, 4) is 16.9 Å². The van der Waals surface area contributed by atoms with Crippen LogP contribution in [0.1, 0.15) is 23.5 Å². The minimum atomic E-state index is -0.152. The number of pyridine rings is 1. The van der Waals surface area contributed by atoms with Gasteiger partial charge in [0.15, 0.2) is 0 Å². The van der Waals surface area contributed by atoms with Gasteiger partial charge in [0.05, 0.1) is 13.1 Å². The summed E-state index contributed by atoms with van der Waals surface area (Å²) in [5.74, 6) is 0.899. The number of likely N-dealkylation sites (tertiary alicyclic amines) is 1. The maximum atomic E-state index is 12.5. The predicted octanol–water partition coefficient (Wildman–Crippen LogP) is 3.18. The molecular formula is C26H25N3O3. The Bertz CT molecular complexity index is 1120. The Morgan fingerprint density at radius 2 is 1.84 bits per heavy atom. The predicted molar refractivity (Wildman–Crippen MR) is 121 cm³/mol. The molecule has 0 saturated carbocycles. The Morgan fingerprint density at radius 3 is 2.66 bits per heavy atom. The lowest BCUT2D eigenvalue weighted by Crippen LogP contribution is -2.41. The number of aromatic nitrogens is 1. The normalized spacial score (nSPS) is 19.5. The Kier molecular flexibility index (Phi) is 5.58. The lowest BCUT2D eigenvalue weighted by Gasteiger charge is -2.18. The maximum Gasteiger partial charge on any atom is 0.239 e. The summed E-state index contributed by atoms with van der Waals surface area (Å²) in [6.45, 7) is 1.08. The highest BCUT2D eigenvalue weighted by Crippen LogP contribution is 2.38. The Morgan fingerprint density at radius 1 is 1.03 bits per heavy atom. The molecule has 3 aromatic rings. The topological polar surface area (TPSA) is 71.5 Å². The van der Waals surface area contributed by atoms with Crippen LogP contribution in [0.5, 0.6) is 5.75 Å². The minimum Gasteiger partial charge on any atom is -0.487 e. The van der Waals surface area contributed by atoms with Gasteiger partial charge in [0.1, 0.15) is 11.9 Å². The van der Waals surface area contributed by atoms with Crippen LogP contribution in [0.25, 0.3) is 11.1 Å². The second-order valence-electron chi connectivity index (χ2n) is 8.36. The van der Waals surface area contributed by atoms with E-state index in [1.165, 1.54) is 0 Å². The van der Waals surface area contributed by atoms with Crippen molar-refractivity contribution in [2.75, 3.05) is 19.6 Å². The number of carbonyl (C=O) groups excluding carboxylic acids is 2. The molecule has 2 aromatic carbocycles. The fraction of sp³-hybridized carbons (Fsp3) is 0.269. The molecule has 3 heterocycles. The molecule has 2 amide bonds. The molecule has 162 valence electrons. The molecule has 2 aliphatic rings. The summed E-state index contributed by atoms with van der Waals surface area (Å²) >= 11 is 0. The van der Waals surface area contributed by atoms with Gasteiger partial charge in [-0.3, -0.25) is 14.6 Å². The van der Waals surface area contributed by atoms with Gasteiger partial charge in [-0.15, -0.1) is 0 Å². The smallest absolute Gasteiger partial charge is 0.239 e. The summed E-state index contributed by atoms with van der Waals surface area (Å²) in [7, 11) is 0. The molecule has 2 atom stereocenters. The number of carbonyl (C=O) groups is 2. The number of nitrogens with one attached hydrogen (secondary N) is 1. The molecule has 0 bridgehead atoms. The van der Waals surface area contributed by atoms with Gasteiger partial charge in [0, 0.05) is 43.3 Å². The molecule has 1 aromatic heterocycles. The van der Waals surface area contributed by atoms with Crippen molar-refractivity contribution < 1.29 is 14.3 Å². The van der Waals surface area contributed by atoms with Crippen molar-refractivity contribution in [2.45, 2.75) is 24.9 Å². The second kappa shape index (κ2) is 8.83. The van der Waals surface area contributed by atoms with Gasteiger partial charge in [-0.1, -0.05) is 48.5 Å². The number of hydrogen-bond donors (Lipinski definition) is 1. The van der Waals surface area contributed by atoms with Crippen LogP contribution >= 0.6 is 0 Å². The summed E-state index contributed by atoms with van der Waals surface area (Å²) in [5.41, 5.74) is 4.38. The number of benzene rings is 2. The molecular weight excluding hydrogens is 402 g/mol.